The summed E-state index contributed by atoms with van der Waals surface area (Å²) in [5.74, 6) is 0.262. The summed E-state index contributed by atoms with van der Waals surface area (Å²) in [4.78, 5) is 12.5. The Morgan fingerprint density at radius 3 is 3.05 bits per heavy atom. The first-order valence-corrected chi connectivity index (χ1v) is 7.06. The summed E-state index contributed by atoms with van der Waals surface area (Å²) in [5.41, 5.74) is 3.54. The van der Waals surface area contributed by atoms with Crippen molar-refractivity contribution >= 4 is 5.78 Å². The Balaban J connectivity index is 1.71. The number of Topliss-reactive ketones (excluding diaryl/α,β-unsaturated/α-hetero) is 1. The standard InChI is InChI=1S/C16H19N3O/c1-19-13(9-11-18-19)6-7-15(20)16-14-5-3-2-4-12(14)8-10-17-16/h2-5,9,11,16-17H,6-8,10H2,1H3. The molecule has 0 saturated heterocycles. The maximum atomic E-state index is 12.5. The Kier molecular flexibility index (Phi) is 3.65. The summed E-state index contributed by atoms with van der Waals surface area (Å²) in [6.07, 6.45) is 4.07. The lowest BCUT2D eigenvalue weighted by molar-refractivity contribution is -0.121. The lowest BCUT2D eigenvalue weighted by Gasteiger charge is -2.25. The van der Waals surface area contributed by atoms with E-state index in [9.17, 15) is 4.79 Å². The summed E-state index contributed by atoms with van der Waals surface area (Å²) in [5, 5.41) is 7.48. The molecule has 4 heteroatoms. The van der Waals surface area contributed by atoms with Gasteiger partial charge in [-0.1, -0.05) is 24.3 Å². The predicted molar refractivity (Wildman–Crippen MR) is 77.4 cm³/mol. The minimum absolute atomic E-state index is 0.145. The van der Waals surface area contributed by atoms with Gasteiger partial charge in [0.05, 0.1) is 6.04 Å². The highest BCUT2D eigenvalue weighted by Gasteiger charge is 2.25. The number of carbonyl (C=O) groups is 1. The molecule has 0 amide bonds. The minimum atomic E-state index is -0.145. The van der Waals surface area contributed by atoms with Gasteiger partial charge in [-0.3, -0.25) is 9.48 Å². The first-order chi connectivity index (χ1) is 9.75. The zero-order chi connectivity index (χ0) is 13.9. The highest BCUT2D eigenvalue weighted by molar-refractivity contribution is 5.86. The molecule has 2 heterocycles. The highest BCUT2D eigenvalue weighted by Crippen LogP contribution is 2.24. The van der Waals surface area contributed by atoms with E-state index in [2.05, 4.69) is 22.5 Å². The first kappa shape index (κ1) is 13.1. The van der Waals surface area contributed by atoms with Crippen LogP contribution in [-0.2, 0) is 24.7 Å². The zero-order valence-corrected chi connectivity index (χ0v) is 11.7. The fraction of sp³-hybridized carbons (Fsp3) is 0.375. The van der Waals surface area contributed by atoms with Gasteiger partial charge in [-0.15, -0.1) is 0 Å². The molecule has 4 nitrogen and oxygen atoms in total. The van der Waals surface area contributed by atoms with Crippen LogP contribution in [0.15, 0.2) is 36.5 Å². The molecule has 1 aliphatic heterocycles. The van der Waals surface area contributed by atoms with Gasteiger partial charge < -0.3 is 5.32 Å². The van der Waals surface area contributed by atoms with Crippen LogP contribution < -0.4 is 5.32 Å². The second-order valence-corrected chi connectivity index (χ2v) is 5.25. The van der Waals surface area contributed by atoms with E-state index in [1.54, 1.807) is 6.20 Å². The SMILES string of the molecule is Cn1nccc1CCC(=O)C1NCCc2ccccc21. The van der Waals surface area contributed by atoms with Gasteiger partial charge in [0.2, 0.25) is 0 Å². The van der Waals surface area contributed by atoms with Crippen LogP contribution in [0.3, 0.4) is 0 Å². The molecule has 20 heavy (non-hydrogen) atoms. The van der Waals surface area contributed by atoms with Crippen molar-refractivity contribution in [1.29, 1.82) is 0 Å². The van der Waals surface area contributed by atoms with Crippen LogP contribution in [0.4, 0.5) is 0 Å². The topological polar surface area (TPSA) is 46.9 Å². The van der Waals surface area contributed by atoms with E-state index in [0.29, 0.717) is 6.42 Å². The number of rotatable bonds is 4. The van der Waals surface area contributed by atoms with Crippen molar-refractivity contribution in [3.05, 3.63) is 53.3 Å². The van der Waals surface area contributed by atoms with E-state index in [1.807, 2.05) is 29.9 Å². The van der Waals surface area contributed by atoms with Crippen LogP contribution in [-0.4, -0.2) is 22.1 Å². The van der Waals surface area contributed by atoms with Gasteiger partial charge in [-0.05, 0) is 30.0 Å². The molecule has 3 rings (SSSR count). The maximum absolute atomic E-state index is 12.5. The van der Waals surface area contributed by atoms with E-state index in [-0.39, 0.29) is 11.8 Å². The quantitative estimate of drug-likeness (QED) is 0.921. The molecule has 0 spiro atoms. The van der Waals surface area contributed by atoms with Gasteiger partial charge in [0.15, 0.2) is 5.78 Å². The van der Waals surface area contributed by atoms with E-state index >= 15 is 0 Å². The fourth-order valence-corrected chi connectivity index (χ4v) is 2.83. The van der Waals surface area contributed by atoms with E-state index in [1.165, 1.54) is 5.56 Å². The molecule has 0 radical (unpaired) electrons. The molecule has 0 bridgehead atoms. The van der Waals surface area contributed by atoms with Crippen molar-refractivity contribution in [2.75, 3.05) is 6.54 Å². The van der Waals surface area contributed by atoms with Crippen molar-refractivity contribution in [3.63, 3.8) is 0 Å². The third-order valence-electron chi connectivity index (χ3n) is 3.98. The maximum Gasteiger partial charge on any atom is 0.154 e. The van der Waals surface area contributed by atoms with Gasteiger partial charge in [0.25, 0.3) is 0 Å². The molecule has 1 aliphatic rings. The molecule has 104 valence electrons. The average molecular weight is 269 g/mol. The monoisotopic (exact) mass is 269 g/mol. The third-order valence-corrected chi connectivity index (χ3v) is 3.98. The predicted octanol–water partition coefficient (Wildman–Crippen LogP) is 1.81. The van der Waals surface area contributed by atoms with Gasteiger partial charge in [-0.2, -0.15) is 5.10 Å². The fourth-order valence-electron chi connectivity index (χ4n) is 2.83. The van der Waals surface area contributed by atoms with Crippen molar-refractivity contribution in [2.24, 2.45) is 7.05 Å². The normalized spacial score (nSPS) is 17.8. The number of aryl methyl sites for hydroxylation is 2. The number of hydrogen-bond acceptors (Lipinski definition) is 3. The molecule has 0 fully saturated rings. The van der Waals surface area contributed by atoms with Crippen LogP contribution in [0.1, 0.15) is 29.3 Å². The molecule has 1 N–H and O–H groups in total. The Morgan fingerprint density at radius 1 is 1.40 bits per heavy atom. The lowest BCUT2D eigenvalue weighted by atomic mass is 9.90. The summed E-state index contributed by atoms with van der Waals surface area (Å²) < 4.78 is 1.83. The van der Waals surface area contributed by atoms with Crippen molar-refractivity contribution in [2.45, 2.75) is 25.3 Å². The van der Waals surface area contributed by atoms with Gasteiger partial charge in [-0.25, -0.2) is 0 Å². The van der Waals surface area contributed by atoms with Crippen molar-refractivity contribution < 1.29 is 4.79 Å². The minimum Gasteiger partial charge on any atom is -0.303 e. The Bertz CT molecular complexity index is 618. The number of hydrogen-bond donors (Lipinski definition) is 1. The molecule has 1 aromatic carbocycles. The van der Waals surface area contributed by atoms with Gasteiger partial charge in [0.1, 0.15) is 0 Å². The number of nitrogens with one attached hydrogen (secondary N) is 1. The van der Waals surface area contributed by atoms with Crippen molar-refractivity contribution in [3.8, 4) is 0 Å². The molecular formula is C16H19N3O. The summed E-state index contributed by atoms with van der Waals surface area (Å²) in [6, 6.07) is 10.1. The number of nitrogens with zero attached hydrogens (tertiary/aromatic N) is 2. The Hall–Kier alpha value is -1.94. The van der Waals surface area contributed by atoms with Crippen LogP contribution in [0.25, 0.3) is 0 Å². The Morgan fingerprint density at radius 2 is 2.25 bits per heavy atom. The first-order valence-electron chi connectivity index (χ1n) is 7.06. The third kappa shape index (κ3) is 2.51. The number of carbonyl (C=O) groups excluding carboxylic acids is 1. The van der Waals surface area contributed by atoms with Gasteiger partial charge in [0, 0.05) is 31.9 Å². The molecular weight excluding hydrogens is 250 g/mol. The Labute approximate surface area is 118 Å². The van der Waals surface area contributed by atoms with Crippen LogP contribution in [0.2, 0.25) is 0 Å². The average Bonchev–Trinajstić information content (AvgIpc) is 2.89. The van der Waals surface area contributed by atoms with Crippen LogP contribution in [0.5, 0.6) is 0 Å². The van der Waals surface area contributed by atoms with Crippen molar-refractivity contribution in [1.82, 2.24) is 15.1 Å². The second kappa shape index (κ2) is 5.59. The van der Waals surface area contributed by atoms with E-state index < -0.39 is 0 Å². The zero-order valence-electron chi connectivity index (χ0n) is 11.7. The summed E-state index contributed by atoms with van der Waals surface area (Å²) in [7, 11) is 1.91. The summed E-state index contributed by atoms with van der Waals surface area (Å²) in [6.45, 7) is 0.874. The number of ketones is 1. The van der Waals surface area contributed by atoms with E-state index in [0.717, 1.165) is 30.6 Å². The highest BCUT2D eigenvalue weighted by atomic mass is 16.1. The summed E-state index contributed by atoms with van der Waals surface area (Å²) >= 11 is 0. The molecule has 1 aromatic heterocycles. The second-order valence-electron chi connectivity index (χ2n) is 5.25. The molecule has 2 aromatic rings. The van der Waals surface area contributed by atoms with Crippen LogP contribution in [0, 0.1) is 0 Å². The van der Waals surface area contributed by atoms with E-state index in [4.69, 9.17) is 0 Å². The van der Waals surface area contributed by atoms with Crippen LogP contribution >= 0.6 is 0 Å². The number of fused-ring (bicyclic) bond motifs is 1. The lowest BCUT2D eigenvalue weighted by Crippen LogP contribution is -2.35. The molecule has 0 saturated carbocycles. The number of benzene rings is 1. The smallest absolute Gasteiger partial charge is 0.154 e. The molecule has 1 unspecified atom stereocenters. The number of aromatic nitrogens is 2. The molecule has 1 atom stereocenters. The molecule has 0 aliphatic carbocycles. The largest absolute Gasteiger partial charge is 0.303 e. The van der Waals surface area contributed by atoms with Gasteiger partial charge >= 0.3 is 0 Å².